The SMILES string of the molecule is CC1=CC(=O)[C@H]2CC(=O)[C@H]3[C@@](C)(C(=O)[C@@]45OC(=O)C[C@]3(C)[C@]4(C)CC[C@]34C[C@@H](C)C[C@H](CN35)O4)[C@@H]2C1. The normalized spacial score (nSPS) is 55.7. The number of fused-ring (bicyclic) bond motifs is 5. The molecule has 2 saturated carbocycles. The summed E-state index contributed by atoms with van der Waals surface area (Å²) in [6.07, 6.45) is 5.68. The Hall–Kier alpha value is -1.86. The van der Waals surface area contributed by atoms with E-state index in [0.29, 0.717) is 25.3 Å². The third-order valence-corrected chi connectivity index (χ3v) is 12.1. The molecule has 0 unspecified atom stereocenters. The third kappa shape index (κ3) is 2.27. The average Bonchev–Trinajstić information content (AvgIpc) is 3.06. The van der Waals surface area contributed by atoms with Crippen molar-refractivity contribution in [1.82, 2.24) is 4.90 Å². The molecule has 194 valence electrons. The summed E-state index contributed by atoms with van der Waals surface area (Å²) in [6.45, 7) is 10.8. The van der Waals surface area contributed by atoms with Gasteiger partial charge in [0.1, 0.15) is 11.5 Å². The van der Waals surface area contributed by atoms with Crippen molar-refractivity contribution in [3.8, 4) is 0 Å². The van der Waals surface area contributed by atoms with E-state index in [1.807, 2.05) is 13.8 Å². The lowest BCUT2D eigenvalue weighted by molar-refractivity contribution is -0.349. The Morgan fingerprint density at radius 1 is 1.06 bits per heavy atom. The second-order valence-corrected chi connectivity index (χ2v) is 13.9. The smallest absolute Gasteiger partial charge is 0.308 e. The lowest BCUT2D eigenvalue weighted by Crippen LogP contribution is -2.86. The van der Waals surface area contributed by atoms with Crippen LogP contribution in [0.1, 0.15) is 79.6 Å². The van der Waals surface area contributed by atoms with E-state index >= 15 is 4.79 Å². The summed E-state index contributed by atoms with van der Waals surface area (Å²) in [5.74, 6) is -1.57. The number of rotatable bonds is 0. The molecule has 3 aliphatic carbocycles. The van der Waals surface area contributed by atoms with Crippen LogP contribution in [0.4, 0.5) is 0 Å². The predicted molar refractivity (Wildman–Crippen MR) is 128 cm³/mol. The summed E-state index contributed by atoms with van der Waals surface area (Å²) in [5.41, 5.74) is -3.74. The van der Waals surface area contributed by atoms with Gasteiger partial charge in [0, 0.05) is 35.6 Å². The Labute approximate surface area is 212 Å². The third-order valence-electron chi connectivity index (χ3n) is 12.1. The minimum atomic E-state index is -1.49. The zero-order chi connectivity index (χ0) is 25.6. The molecule has 36 heavy (non-hydrogen) atoms. The Balaban J connectivity index is 1.49. The highest BCUT2D eigenvalue weighted by molar-refractivity contribution is 6.07. The van der Waals surface area contributed by atoms with Gasteiger partial charge in [-0.25, -0.2) is 4.90 Å². The van der Waals surface area contributed by atoms with E-state index in [1.54, 1.807) is 6.08 Å². The second kappa shape index (κ2) is 6.58. The standard InChI is InChI=1S/C29H37NO6/c1-15-9-19-18(20(31)10-15)11-21(32)23-25(3)13-22(33)36-29(24(34)27(19,23)5)26(25,4)6-7-28-12-16(2)8-17(35-28)14-30(28)29/h10,16-19,23H,6-9,11-14H2,1-5H3/t16-,17+,18-,19+,23+,25-,26-,27-,28-,29+/m0/s1. The number of hydrogen-bond acceptors (Lipinski definition) is 7. The summed E-state index contributed by atoms with van der Waals surface area (Å²) in [5, 5.41) is 0. The topological polar surface area (TPSA) is 90.0 Å². The average molecular weight is 496 g/mol. The number of allylic oxidation sites excluding steroid dienone is 2. The Morgan fingerprint density at radius 2 is 1.81 bits per heavy atom. The first-order valence-corrected chi connectivity index (χ1v) is 13.8. The second-order valence-electron chi connectivity index (χ2n) is 13.9. The van der Waals surface area contributed by atoms with Gasteiger partial charge in [0.05, 0.1) is 12.5 Å². The molecule has 0 N–H and O–H groups in total. The molecule has 4 heterocycles. The largest absolute Gasteiger partial charge is 0.435 e. The summed E-state index contributed by atoms with van der Waals surface area (Å²) < 4.78 is 13.0. The van der Waals surface area contributed by atoms with E-state index in [9.17, 15) is 14.4 Å². The van der Waals surface area contributed by atoms with Crippen LogP contribution in [0.25, 0.3) is 0 Å². The number of carbonyl (C=O) groups excluding carboxylic acids is 4. The van der Waals surface area contributed by atoms with E-state index in [-0.39, 0.29) is 42.2 Å². The Bertz CT molecular complexity index is 1180. The number of carbonyl (C=O) groups is 4. The summed E-state index contributed by atoms with van der Waals surface area (Å²) in [7, 11) is 0. The van der Waals surface area contributed by atoms with Crippen LogP contribution in [0.15, 0.2) is 11.6 Å². The van der Waals surface area contributed by atoms with Gasteiger partial charge in [-0.15, -0.1) is 0 Å². The van der Waals surface area contributed by atoms with Gasteiger partial charge >= 0.3 is 5.97 Å². The first-order valence-electron chi connectivity index (χ1n) is 13.8. The molecule has 7 aliphatic rings. The molecule has 4 saturated heterocycles. The number of ether oxygens (including phenoxy) is 2. The van der Waals surface area contributed by atoms with Crippen molar-refractivity contribution in [3.63, 3.8) is 0 Å². The number of hydrogen-bond donors (Lipinski definition) is 0. The Morgan fingerprint density at radius 3 is 2.56 bits per heavy atom. The van der Waals surface area contributed by atoms with Crippen LogP contribution in [0.5, 0.6) is 0 Å². The molecule has 0 radical (unpaired) electrons. The molecule has 7 nitrogen and oxygen atoms in total. The zero-order valence-corrected chi connectivity index (χ0v) is 22.0. The minimum Gasteiger partial charge on any atom is -0.435 e. The van der Waals surface area contributed by atoms with E-state index in [2.05, 4.69) is 25.7 Å². The van der Waals surface area contributed by atoms with Gasteiger partial charge in [-0.05, 0) is 62.4 Å². The van der Waals surface area contributed by atoms with Crippen LogP contribution in [0.3, 0.4) is 0 Å². The van der Waals surface area contributed by atoms with Gasteiger partial charge in [0.15, 0.2) is 11.6 Å². The molecule has 4 bridgehead atoms. The molecule has 7 heteroatoms. The number of nitrogens with zero attached hydrogens (tertiary/aromatic N) is 1. The predicted octanol–water partition coefficient (Wildman–Crippen LogP) is 3.59. The van der Waals surface area contributed by atoms with Gasteiger partial charge in [0.25, 0.3) is 0 Å². The Kier molecular flexibility index (Phi) is 4.25. The van der Waals surface area contributed by atoms with Crippen LogP contribution < -0.4 is 0 Å². The highest BCUT2D eigenvalue weighted by Gasteiger charge is 2.86. The van der Waals surface area contributed by atoms with E-state index in [1.165, 1.54) is 0 Å². The van der Waals surface area contributed by atoms with Crippen molar-refractivity contribution in [3.05, 3.63) is 11.6 Å². The maximum absolute atomic E-state index is 15.3. The fourth-order valence-electron chi connectivity index (χ4n) is 10.7. The molecule has 0 amide bonds. The first-order chi connectivity index (χ1) is 16.8. The molecule has 1 spiro atoms. The van der Waals surface area contributed by atoms with E-state index in [4.69, 9.17) is 9.47 Å². The van der Waals surface area contributed by atoms with Crippen LogP contribution in [0, 0.1) is 39.9 Å². The van der Waals surface area contributed by atoms with E-state index in [0.717, 1.165) is 24.8 Å². The molecular weight excluding hydrogens is 458 g/mol. The lowest BCUT2D eigenvalue weighted by atomic mass is 9.33. The maximum atomic E-state index is 15.3. The number of ketones is 3. The van der Waals surface area contributed by atoms with Crippen LogP contribution >= 0.6 is 0 Å². The minimum absolute atomic E-state index is 0.00198. The van der Waals surface area contributed by atoms with Gasteiger partial charge < -0.3 is 9.47 Å². The summed E-state index contributed by atoms with van der Waals surface area (Å²) >= 11 is 0. The molecule has 4 aliphatic heterocycles. The number of Topliss-reactive ketones (excluding diaryl/α,β-unsaturated/α-hetero) is 2. The monoisotopic (exact) mass is 495 g/mol. The van der Waals surface area contributed by atoms with Gasteiger partial charge in [0.2, 0.25) is 5.72 Å². The first kappa shape index (κ1) is 23.3. The molecule has 10 atom stereocenters. The quantitative estimate of drug-likeness (QED) is 0.475. The molecule has 6 fully saturated rings. The lowest BCUT2D eigenvalue weighted by Gasteiger charge is -2.75. The number of piperidine rings is 1. The molecule has 0 aromatic carbocycles. The van der Waals surface area contributed by atoms with Crippen LogP contribution in [0.2, 0.25) is 0 Å². The van der Waals surface area contributed by atoms with Crippen molar-refractivity contribution in [1.29, 1.82) is 0 Å². The van der Waals surface area contributed by atoms with Crippen molar-refractivity contribution < 1.29 is 28.7 Å². The van der Waals surface area contributed by atoms with Gasteiger partial charge in [-0.2, -0.15) is 0 Å². The summed E-state index contributed by atoms with van der Waals surface area (Å²) in [6, 6.07) is 0. The fraction of sp³-hybridized carbons (Fsp3) is 0.793. The van der Waals surface area contributed by atoms with E-state index < -0.39 is 45.5 Å². The van der Waals surface area contributed by atoms with Crippen LogP contribution in [-0.2, 0) is 28.7 Å². The van der Waals surface area contributed by atoms with Gasteiger partial charge in [-0.3, -0.25) is 19.2 Å². The fourth-order valence-corrected chi connectivity index (χ4v) is 10.7. The molecule has 7 rings (SSSR count). The molecular formula is C29H37NO6. The van der Waals surface area contributed by atoms with Crippen LogP contribution in [-0.4, -0.2) is 52.3 Å². The molecule has 0 aromatic heterocycles. The zero-order valence-electron chi connectivity index (χ0n) is 22.0. The molecule has 0 aromatic rings. The highest BCUT2D eigenvalue weighted by Crippen LogP contribution is 2.76. The van der Waals surface area contributed by atoms with Crippen molar-refractivity contribution in [2.75, 3.05) is 6.54 Å². The number of esters is 1. The van der Waals surface area contributed by atoms with Crippen molar-refractivity contribution in [2.24, 2.45) is 39.9 Å². The summed E-state index contributed by atoms with van der Waals surface area (Å²) in [4.78, 5) is 58.0. The highest BCUT2D eigenvalue weighted by atomic mass is 16.6. The maximum Gasteiger partial charge on any atom is 0.308 e. The van der Waals surface area contributed by atoms with Crippen molar-refractivity contribution >= 4 is 23.3 Å². The van der Waals surface area contributed by atoms with Crippen molar-refractivity contribution in [2.45, 2.75) is 97.1 Å². The van der Waals surface area contributed by atoms with Gasteiger partial charge in [-0.1, -0.05) is 33.3 Å².